The summed E-state index contributed by atoms with van der Waals surface area (Å²) < 4.78 is 6.13. The minimum absolute atomic E-state index is 0.249. The summed E-state index contributed by atoms with van der Waals surface area (Å²) in [5, 5.41) is 8.96. The zero-order valence-corrected chi connectivity index (χ0v) is 9.69. The number of hydrogen-bond acceptors (Lipinski definition) is 3. The first kappa shape index (κ1) is 10.7. The summed E-state index contributed by atoms with van der Waals surface area (Å²) in [6.07, 6.45) is 0.632. The maximum absolute atomic E-state index is 10.5. The summed E-state index contributed by atoms with van der Waals surface area (Å²) >= 11 is 3.33. The second kappa shape index (κ2) is 4.33. The Labute approximate surface area is 100 Å². The molecule has 0 atom stereocenters. The number of nitriles is 1. The molecule has 0 aliphatic carbocycles. The number of furan rings is 1. The van der Waals surface area contributed by atoms with Gasteiger partial charge in [-0.15, -0.1) is 0 Å². The van der Waals surface area contributed by atoms with Gasteiger partial charge in [0.05, 0.1) is 11.6 Å². The summed E-state index contributed by atoms with van der Waals surface area (Å²) in [5.41, 5.74) is 1.18. The molecule has 0 saturated carbocycles. The molecular weight excluding hydrogens is 270 g/mol. The first-order valence-electron chi connectivity index (χ1n) is 4.49. The van der Waals surface area contributed by atoms with Crippen molar-refractivity contribution in [1.82, 2.24) is 0 Å². The van der Waals surface area contributed by atoms with E-state index in [1.54, 1.807) is 30.3 Å². The molecule has 0 aliphatic heterocycles. The Bertz CT molecular complexity index is 581. The van der Waals surface area contributed by atoms with Crippen LogP contribution in [-0.4, -0.2) is 6.29 Å². The molecule has 3 nitrogen and oxygen atoms in total. The smallest absolute Gasteiger partial charge is 0.185 e. The van der Waals surface area contributed by atoms with E-state index in [0.29, 0.717) is 23.2 Å². The van der Waals surface area contributed by atoms with E-state index < -0.39 is 0 Å². The van der Waals surface area contributed by atoms with Gasteiger partial charge in [0.25, 0.3) is 0 Å². The van der Waals surface area contributed by atoms with Crippen molar-refractivity contribution >= 4 is 22.2 Å². The number of carbonyl (C=O) groups is 1. The standard InChI is InChI=1S/C12H6BrNO2/c13-9-2-1-8(6-14)11(5-9)12-4-3-10(7-15)16-12/h1-5,7H. The minimum atomic E-state index is 0.249. The Kier molecular flexibility index (Phi) is 2.88. The monoisotopic (exact) mass is 275 g/mol. The first-order chi connectivity index (χ1) is 7.74. The number of benzene rings is 1. The molecule has 1 heterocycles. The lowest BCUT2D eigenvalue weighted by molar-refractivity contribution is 0.110. The van der Waals surface area contributed by atoms with Gasteiger partial charge >= 0.3 is 0 Å². The highest BCUT2D eigenvalue weighted by Crippen LogP contribution is 2.28. The third kappa shape index (κ3) is 1.90. The zero-order chi connectivity index (χ0) is 11.5. The number of hydrogen-bond donors (Lipinski definition) is 0. The molecule has 4 heteroatoms. The predicted octanol–water partition coefficient (Wildman–Crippen LogP) is 3.39. The van der Waals surface area contributed by atoms with E-state index in [1.165, 1.54) is 0 Å². The summed E-state index contributed by atoms with van der Waals surface area (Å²) in [7, 11) is 0. The molecule has 0 fully saturated rings. The molecule has 0 spiro atoms. The van der Waals surface area contributed by atoms with E-state index in [1.807, 2.05) is 0 Å². The number of aldehydes is 1. The van der Waals surface area contributed by atoms with Crippen molar-refractivity contribution in [3.8, 4) is 17.4 Å². The molecule has 78 valence electrons. The maximum atomic E-state index is 10.5. The number of rotatable bonds is 2. The average Bonchev–Trinajstić information content (AvgIpc) is 2.77. The zero-order valence-electron chi connectivity index (χ0n) is 8.11. The van der Waals surface area contributed by atoms with E-state index in [9.17, 15) is 4.79 Å². The molecule has 0 aliphatic rings. The summed E-state index contributed by atoms with van der Waals surface area (Å²) in [4.78, 5) is 10.5. The highest BCUT2D eigenvalue weighted by Gasteiger charge is 2.09. The van der Waals surface area contributed by atoms with Crippen LogP contribution < -0.4 is 0 Å². The second-order valence-corrected chi connectivity index (χ2v) is 4.04. The molecule has 16 heavy (non-hydrogen) atoms. The quantitative estimate of drug-likeness (QED) is 0.790. The molecule has 0 bridgehead atoms. The molecular formula is C12H6BrNO2. The Morgan fingerprint density at radius 1 is 1.31 bits per heavy atom. The van der Waals surface area contributed by atoms with Crippen LogP contribution in [0.2, 0.25) is 0 Å². The largest absolute Gasteiger partial charge is 0.453 e. The summed E-state index contributed by atoms with van der Waals surface area (Å²) in [6.45, 7) is 0. The first-order valence-corrected chi connectivity index (χ1v) is 5.29. The fraction of sp³-hybridized carbons (Fsp3) is 0. The van der Waals surface area contributed by atoms with Gasteiger partial charge in [0, 0.05) is 10.0 Å². The second-order valence-electron chi connectivity index (χ2n) is 3.12. The van der Waals surface area contributed by atoms with Gasteiger partial charge in [-0.2, -0.15) is 5.26 Å². The molecule has 0 radical (unpaired) electrons. The number of carbonyl (C=O) groups excluding carboxylic acids is 1. The van der Waals surface area contributed by atoms with E-state index >= 15 is 0 Å². The van der Waals surface area contributed by atoms with E-state index in [0.717, 1.165) is 4.47 Å². The van der Waals surface area contributed by atoms with E-state index in [4.69, 9.17) is 9.68 Å². The van der Waals surface area contributed by atoms with Crippen LogP contribution in [0, 0.1) is 11.3 Å². The number of halogens is 1. The van der Waals surface area contributed by atoms with Crippen LogP contribution in [0.25, 0.3) is 11.3 Å². The predicted molar refractivity (Wildman–Crippen MR) is 61.9 cm³/mol. The number of nitrogens with zero attached hydrogens (tertiary/aromatic N) is 1. The lowest BCUT2D eigenvalue weighted by Gasteiger charge is -2.00. The third-order valence-electron chi connectivity index (χ3n) is 2.11. The van der Waals surface area contributed by atoms with Gasteiger partial charge in [0.15, 0.2) is 12.0 Å². The fourth-order valence-corrected chi connectivity index (χ4v) is 1.74. The average molecular weight is 276 g/mol. The van der Waals surface area contributed by atoms with Crippen molar-refractivity contribution in [2.45, 2.75) is 0 Å². The van der Waals surface area contributed by atoms with Gasteiger partial charge < -0.3 is 4.42 Å². The van der Waals surface area contributed by atoms with Crippen LogP contribution in [0.1, 0.15) is 16.1 Å². The highest BCUT2D eigenvalue weighted by molar-refractivity contribution is 9.10. The normalized spacial score (nSPS) is 9.75. The van der Waals surface area contributed by atoms with Crippen LogP contribution in [0.3, 0.4) is 0 Å². The van der Waals surface area contributed by atoms with Gasteiger partial charge in [0.1, 0.15) is 5.76 Å². The fourth-order valence-electron chi connectivity index (χ4n) is 1.38. The van der Waals surface area contributed by atoms with Crippen molar-refractivity contribution in [3.05, 3.63) is 46.1 Å². The van der Waals surface area contributed by atoms with Gasteiger partial charge in [-0.3, -0.25) is 4.79 Å². The highest BCUT2D eigenvalue weighted by atomic mass is 79.9. The van der Waals surface area contributed by atoms with Crippen LogP contribution in [0.4, 0.5) is 0 Å². The van der Waals surface area contributed by atoms with Gasteiger partial charge in [-0.05, 0) is 30.3 Å². The van der Waals surface area contributed by atoms with Crippen molar-refractivity contribution in [3.63, 3.8) is 0 Å². The molecule has 2 rings (SSSR count). The van der Waals surface area contributed by atoms with Crippen LogP contribution in [0.15, 0.2) is 39.2 Å². The van der Waals surface area contributed by atoms with Crippen LogP contribution in [-0.2, 0) is 0 Å². The Balaban J connectivity index is 2.58. The van der Waals surface area contributed by atoms with E-state index in [-0.39, 0.29) is 5.76 Å². The molecule has 1 aromatic carbocycles. The maximum Gasteiger partial charge on any atom is 0.185 e. The lowest BCUT2D eigenvalue weighted by atomic mass is 10.1. The summed E-state index contributed by atoms with van der Waals surface area (Å²) in [6, 6.07) is 10.6. The third-order valence-corrected chi connectivity index (χ3v) is 2.60. The molecule has 0 N–H and O–H groups in total. The van der Waals surface area contributed by atoms with Gasteiger partial charge in [0.2, 0.25) is 0 Å². The topological polar surface area (TPSA) is 54.0 Å². The van der Waals surface area contributed by atoms with Crippen molar-refractivity contribution in [2.24, 2.45) is 0 Å². The van der Waals surface area contributed by atoms with Crippen molar-refractivity contribution in [2.75, 3.05) is 0 Å². The molecule has 1 aromatic heterocycles. The van der Waals surface area contributed by atoms with Gasteiger partial charge in [-0.1, -0.05) is 15.9 Å². The molecule has 0 amide bonds. The van der Waals surface area contributed by atoms with E-state index in [2.05, 4.69) is 22.0 Å². The molecule has 2 aromatic rings. The van der Waals surface area contributed by atoms with Crippen molar-refractivity contribution < 1.29 is 9.21 Å². The summed E-state index contributed by atoms with van der Waals surface area (Å²) in [5.74, 6) is 0.763. The Hall–Kier alpha value is -1.86. The van der Waals surface area contributed by atoms with Crippen LogP contribution in [0.5, 0.6) is 0 Å². The lowest BCUT2D eigenvalue weighted by Crippen LogP contribution is -1.82. The molecule has 0 saturated heterocycles. The Morgan fingerprint density at radius 2 is 2.12 bits per heavy atom. The minimum Gasteiger partial charge on any atom is -0.453 e. The molecule has 0 unspecified atom stereocenters. The Morgan fingerprint density at radius 3 is 2.75 bits per heavy atom. The van der Waals surface area contributed by atoms with Gasteiger partial charge in [-0.25, -0.2) is 0 Å². The SMILES string of the molecule is N#Cc1ccc(Br)cc1-c1ccc(C=O)o1. The van der Waals surface area contributed by atoms with Crippen LogP contribution >= 0.6 is 15.9 Å². The van der Waals surface area contributed by atoms with Crippen molar-refractivity contribution in [1.29, 1.82) is 5.26 Å².